The van der Waals surface area contributed by atoms with Gasteiger partial charge in [0.05, 0.1) is 52.9 Å². The minimum Gasteiger partial charge on any atom is -0.392 e. The van der Waals surface area contributed by atoms with E-state index in [1.807, 2.05) is 0 Å². The molecular formula is C14H32O8Si2. The summed E-state index contributed by atoms with van der Waals surface area (Å²) in [4.78, 5) is 0. The average Bonchev–Trinajstić information content (AvgIpc) is 2.54. The summed E-state index contributed by atoms with van der Waals surface area (Å²) in [6.07, 6.45) is 0. The number of hydrogen-bond acceptors (Lipinski definition) is 8. The highest BCUT2D eigenvalue weighted by atomic mass is 28.5. The summed E-state index contributed by atoms with van der Waals surface area (Å²) in [6, 6.07) is 0. The second kappa shape index (κ2) is 12.5. The van der Waals surface area contributed by atoms with Crippen LogP contribution in [0.3, 0.4) is 0 Å². The van der Waals surface area contributed by atoms with E-state index < -0.39 is 17.1 Å². The first kappa shape index (κ1) is 22.2. The van der Waals surface area contributed by atoms with Crippen LogP contribution in [-0.4, -0.2) is 98.4 Å². The minimum atomic E-state index is -2.30. The molecule has 0 spiro atoms. The van der Waals surface area contributed by atoms with Crippen molar-refractivity contribution < 1.29 is 36.7 Å². The molecule has 8 nitrogen and oxygen atoms in total. The smallest absolute Gasteiger partial charge is 0.342 e. The molecule has 10 heteroatoms. The van der Waals surface area contributed by atoms with Crippen LogP contribution in [0.2, 0.25) is 11.3 Å². The zero-order valence-electron chi connectivity index (χ0n) is 15.3. The molecule has 0 aromatic carbocycles. The molecule has 0 aliphatic carbocycles. The Morgan fingerprint density at radius 1 is 0.458 bits per heavy atom. The van der Waals surface area contributed by atoms with E-state index in [-0.39, 0.29) is 0 Å². The van der Waals surface area contributed by atoms with Crippen LogP contribution in [0.25, 0.3) is 0 Å². The maximum Gasteiger partial charge on any atom is 0.342 e. The fourth-order valence-electron chi connectivity index (χ4n) is 2.50. The second-order valence-electron chi connectivity index (χ2n) is 5.54. The van der Waals surface area contributed by atoms with Crippen LogP contribution in [0.1, 0.15) is 0 Å². The van der Waals surface area contributed by atoms with Crippen molar-refractivity contribution in [1.29, 1.82) is 0 Å². The van der Waals surface area contributed by atoms with Crippen LogP contribution < -0.4 is 0 Å². The predicted molar refractivity (Wildman–Crippen MR) is 92.4 cm³/mol. The highest BCUT2D eigenvalue weighted by Gasteiger charge is 2.66. The predicted octanol–water partition coefficient (Wildman–Crippen LogP) is 0.615. The highest BCUT2D eigenvalue weighted by molar-refractivity contribution is 7.03. The van der Waals surface area contributed by atoms with Crippen molar-refractivity contribution in [3.8, 4) is 0 Å². The number of ether oxygens (including phenoxy) is 4. The molecule has 1 aliphatic heterocycles. The summed E-state index contributed by atoms with van der Waals surface area (Å²) in [7, 11) is 2.02. The Labute approximate surface area is 147 Å². The molecule has 1 heterocycles. The number of rotatable bonds is 16. The van der Waals surface area contributed by atoms with Gasteiger partial charge in [-0.1, -0.05) is 0 Å². The Hall–Kier alpha value is 0.114. The lowest BCUT2D eigenvalue weighted by molar-refractivity contribution is 0.0612. The van der Waals surface area contributed by atoms with Gasteiger partial charge in [0.2, 0.25) is 0 Å². The molecule has 0 amide bonds. The van der Waals surface area contributed by atoms with Gasteiger partial charge in [-0.15, -0.1) is 0 Å². The zero-order valence-corrected chi connectivity index (χ0v) is 17.3. The summed E-state index contributed by atoms with van der Waals surface area (Å²) in [5, 5.41) is 0. The van der Waals surface area contributed by atoms with Crippen molar-refractivity contribution in [1.82, 2.24) is 0 Å². The highest BCUT2D eigenvalue weighted by Crippen LogP contribution is 2.43. The lowest BCUT2D eigenvalue weighted by Gasteiger charge is -2.49. The van der Waals surface area contributed by atoms with Crippen molar-refractivity contribution in [3.05, 3.63) is 0 Å². The molecule has 0 bridgehead atoms. The molecule has 0 radical (unpaired) electrons. The standard InChI is InChI=1S/C14H32O8Si2/c1-15-5-9-19-23(20-10-6-16-2)13-24(14-23,21-11-7-17-3)22-12-8-18-4/h5-14H2,1-4H3. The number of hydrogen-bond donors (Lipinski definition) is 0. The molecule has 0 unspecified atom stereocenters. The Bertz CT molecular complexity index is 263. The molecule has 0 saturated carbocycles. The molecule has 0 aromatic heterocycles. The molecule has 1 saturated heterocycles. The van der Waals surface area contributed by atoms with Gasteiger partial charge in [0.1, 0.15) is 0 Å². The Morgan fingerprint density at radius 3 is 0.917 bits per heavy atom. The summed E-state index contributed by atoms with van der Waals surface area (Å²) >= 11 is 0. The normalized spacial score (nSPS) is 18.5. The molecule has 0 N–H and O–H groups in total. The first-order valence-corrected chi connectivity index (χ1v) is 12.6. The van der Waals surface area contributed by atoms with Crippen LogP contribution >= 0.6 is 0 Å². The van der Waals surface area contributed by atoms with Gasteiger partial charge >= 0.3 is 17.1 Å². The largest absolute Gasteiger partial charge is 0.392 e. The Balaban J connectivity index is 2.58. The van der Waals surface area contributed by atoms with E-state index in [4.69, 9.17) is 36.7 Å². The van der Waals surface area contributed by atoms with E-state index in [0.717, 1.165) is 11.3 Å². The van der Waals surface area contributed by atoms with Gasteiger partial charge in [-0.2, -0.15) is 0 Å². The van der Waals surface area contributed by atoms with Crippen molar-refractivity contribution in [2.24, 2.45) is 0 Å². The lowest BCUT2D eigenvalue weighted by atomic mass is 10.8. The van der Waals surface area contributed by atoms with Crippen LogP contribution in [-0.2, 0) is 36.7 Å². The fraction of sp³-hybridized carbons (Fsp3) is 1.00. The van der Waals surface area contributed by atoms with E-state index in [0.29, 0.717) is 52.9 Å². The van der Waals surface area contributed by atoms with E-state index in [9.17, 15) is 0 Å². The van der Waals surface area contributed by atoms with Gasteiger partial charge in [0, 0.05) is 39.8 Å². The number of methoxy groups -OCH3 is 4. The second-order valence-corrected chi connectivity index (χ2v) is 13.2. The molecule has 144 valence electrons. The van der Waals surface area contributed by atoms with Crippen LogP contribution in [0.4, 0.5) is 0 Å². The third-order valence-corrected chi connectivity index (χ3v) is 15.2. The summed E-state index contributed by atoms with van der Waals surface area (Å²) < 4.78 is 44.6. The third-order valence-electron chi connectivity index (χ3n) is 3.69. The maximum atomic E-state index is 6.07. The quantitative estimate of drug-likeness (QED) is 0.283. The first-order valence-electron chi connectivity index (χ1n) is 8.17. The van der Waals surface area contributed by atoms with Crippen molar-refractivity contribution in [2.45, 2.75) is 11.3 Å². The molecule has 1 aliphatic rings. The van der Waals surface area contributed by atoms with Gasteiger partial charge < -0.3 is 36.7 Å². The van der Waals surface area contributed by atoms with Crippen molar-refractivity contribution >= 4 is 17.1 Å². The monoisotopic (exact) mass is 384 g/mol. The van der Waals surface area contributed by atoms with Crippen molar-refractivity contribution in [3.63, 3.8) is 0 Å². The topological polar surface area (TPSA) is 73.8 Å². The molecule has 1 fully saturated rings. The lowest BCUT2D eigenvalue weighted by Crippen LogP contribution is -2.69. The molecule has 1 rings (SSSR count). The van der Waals surface area contributed by atoms with Crippen LogP contribution in [0, 0.1) is 0 Å². The first-order chi connectivity index (χ1) is 11.7. The van der Waals surface area contributed by atoms with Gasteiger partial charge in [0.25, 0.3) is 0 Å². The Kier molecular flexibility index (Phi) is 11.5. The van der Waals surface area contributed by atoms with Crippen molar-refractivity contribution in [2.75, 3.05) is 81.3 Å². The molecule has 24 heavy (non-hydrogen) atoms. The molecule has 0 atom stereocenters. The zero-order chi connectivity index (χ0) is 17.7. The van der Waals surface area contributed by atoms with E-state index in [1.165, 1.54) is 0 Å². The van der Waals surface area contributed by atoms with E-state index >= 15 is 0 Å². The average molecular weight is 385 g/mol. The molecular weight excluding hydrogens is 352 g/mol. The van der Waals surface area contributed by atoms with Gasteiger partial charge in [-0.05, 0) is 0 Å². The van der Waals surface area contributed by atoms with Gasteiger partial charge in [-0.3, -0.25) is 0 Å². The SMILES string of the molecule is COCCO[Si]1(OCCOC)C[Si](OCCOC)(OCCOC)C1. The summed E-state index contributed by atoms with van der Waals surface area (Å²) in [5.41, 5.74) is 1.50. The minimum absolute atomic E-state index is 0.524. The van der Waals surface area contributed by atoms with Gasteiger partial charge in [0.15, 0.2) is 0 Å². The summed E-state index contributed by atoms with van der Waals surface area (Å²) in [5.74, 6) is 0. The van der Waals surface area contributed by atoms with Gasteiger partial charge in [-0.25, -0.2) is 0 Å². The van der Waals surface area contributed by atoms with Crippen LogP contribution in [0.5, 0.6) is 0 Å². The third kappa shape index (κ3) is 7.56. The van der Waals surface area contributed by atoms with E-state index in [1.54, 1.807) is 28.4 Å². The maximum absolute atomic E-state index is 6.07. The Morgan fingerprint density at radius 2 is 0.708 bits per heavy atom. The fourth-order valence-corrected chi connectivity index (χ4v) is 13.9. The van der Waals surface area contributed by atoms with E-state index in [2.05, 4.69) is 0 Å². The van der Waals surface area contributed by atoms with Crippen LogP contribution in [0.15, 0.2) is 0 Å². The summed E-state index contributed by atoms with van der Waals surface area (Å²) in [6.45, 7) is 4.29. The molecule has 0 aromatic rings.